The molecule has 0 radical (unpaired) electrons. The standard InChI is InChI=1S/C4H7N/c1-5-3-2-4-5/h2-5H,1H3. The Balaban J connectivity index is 2.39. The zero-order chi connectivity index (χ0) is 3.70. The number of hydrogen-bond donors (Lipinski definition) is 1. The van der Waals surface area contributed by atoms with Gasteiger partial charge in [0.05, 0.1) is 0 Å². The van der Waals surface area contributed by atoms with Crippen molar-refractivity contribution >= 4 is 0 Å². The summed E-state index contributed by atoms with van der Waals surface area (Å²) < 4.78 is 0. The zero-order valence-electron chi connectivity index (χ0n) is 3.23. The minimum atomic E-state index is 1.38. The van der Waals surface area contributed by atoms with E-state index < -0.39 is 0 Å². The Kier molecular flexibility index (Phi) is 0.424. The Bertz CT molecular complexity index is 56.7. The van der Waals surface area contributed by atoms with E-state index in [-0.39, 0.29) is 0 Å². The van der Waals surface area contributed by atoms with E-state index in [1.807, 2.05) is 6.08 Å². The average Bonchev–Trinajstić information content (AvgIpc) is 1.30. The van der Waals surface area contributed by atoms with E-state index in [2.05, 4.69) is 19.8 Å². The van der Waals surface area contributed by atoms with Crippen molar-refractivity contribution in [1.82, 2.24) is 0 Å². The number of nitrogens with one attached hydrogen (secondary N) is 1. The highest BCUT2D eigenvalue weighted by Crippen LogP contribution is 1.71. The molecule has 0 aromatic carbocycles. The third-order valence-electron chi connectivity index (χ3n) is 0.718. The third kappa shape index (κ3) is 0.284. The topological polar surface area (TPSA) is 4.44 Å². The highest BCUT2D eigenvalue weighted by Gasteiger charge is 1.85. The van der Waals surface area contributed by atoms with Crippen molar-refractivity contribution in [2.24, 2.45) is 0 Å². The van der Waals surface area contributed by atoms with Gasteiger partial charge in [-0.25, -0.2) is 0 Å². The fraction of sp³-hybridized carbons (Fsp3) is 0.250. The van der Waals surface area contributed by atoms with Gasteiger partial charge in [-0.3, -0.25) is 0 Å². The second kappa shape index (κ2) is 0.760. The van der Waals surface area contributed by atoms with Crippen molar-refractivity contribution in [1.29, 1.82) is 0 Å². The van der Waals surface area contributed by atoms with E-state index in [0.29, 0.717) is 0 Å². The quantitative estimate of drug-likeness (QED) is 0.355. The fourth-order valence-corrected chi connectivity index (χ4v) is 0.289. The number of quaternary nitrogens is 1. The summed E-state index contributed by atoms with van der Waals surface area (Å²) in [6, 6.07) is 0. The van der Waals surface area contributed by atoms with Crippen LogP contribution in [-0.2, 0) is 0 Å². The van der Waals surface area contributed by atoms with E-state index >= 15 is 0 Å². The summed E-state index contributed by atoms with van der Waals surface area (Å²) in [6.07, 6.45) is 4.12. The van der Waals surface area contributed by atoms with E-state index in [1.54, 1.807) is 0 Å². The summed E-state index contributed by atoms with van der Waals surface area (Å²) >= 11 is 0. The van der Waals surface area contributed by atoms with Crippen LogP contribution in [0.4, 0.5) is 0 Å². The predicted molar refractivity (Wildman–Crippen MR) is 20.3 cm³/mol. The zero-order valence-corrected chi connectivity index (χ0v) is 3.23. The predicted octanol–water partition coefficient (Wildman–Crippen LogP) is -0.810. The second-order valence-corrected chi connectivity index (χ2v) is 1.27. The Labute approximate surface area is 31.9 Å². The lowest BCUT2D eigenvalue weighted by Gasteiger charge is -2.22. The van der Waals surface area contributed by atoms with Gasteiger partial charge in [0.15, 0.2) is 0 Å². The Hall–Kier alpha value is -0.430. The molecule has 1 nitrogen and oxygen atoms in total. The molecule has 0 aromatic heterocycles. The first kappa shape index (κ1) is 2.79. The van der Waals surface area contributed by atoms with Gasteiger partial charge >= 0.3 is 0 Å². The van der Waals surface area contributed by atoms with Crippen LogP contribution in [0.1, 0.15) is 0 Å². The summed E-state index contributed by atoms with van der Waals surface area (Å²) in [6.45, 7) is 2.08. The van der Waals surface area contributed by atoms with Gasteiger partial charge in [0.2, 0.25) is 0 Å². The Morgan fingerprint density at radius 3 is 2.20 bits per heavy atom. The maximum Gasteiger partial charge on any atom is 0.0482 e. The number of rotatable bonds is 0. The first-order valence-electron chi connectivity index (χ1n) is 1.74. The molecule has 0 bridgehead atoms. The van der Waals surface area contributed by atoms with Crippen molar-refractivity contribution in [3.05, 3.63) is 18.8 Å². The molecule has 1 N–H and O–H groups in total. The molecule has 0 saturated carbocycles. The van der Waals surface area contributed by atoms with Gasteiger partial charge in [-0.1, -0.05) is 12.7 Å². The van der Waals surface area contributed by atoms with Crippen molar-refractivity contribution in [2.45, 2.75) is 0 Å². The molecule has 0 fully saturated rings. The summed E-state index contributed by atoms with van der Waals surface area (Å²) in [5.41, 5.74) is 0. The van der Waals surface area contributed by atoms with Gasteiger partial charge in [0.1, 0.15) is 0 Å². The maximum absolute atomic E-state index is 2.08. The molecule has 1 aliphatic heterocycles. The van der Waals surface area contributed by atoms with Crippen LogP contribution in [0.3, 0.4) is 0 Å². The highest BCUT2D eigenvalue weighted by molar-refractivity contribution is 4.89. The van der Waals surface area contributed by atoms with Crippen molar-refractivity contribution in [2.75, 3.05) is 7.05 Å². The molecule has 5 heavy (non-hydrogen) atoms. The first-order valence-corrected chi connectivity index (χ1v) is 1.74. The van der Waals surface area contributed by atoms with Crippen molar-refractivity contribution in [3.8, 4) is 0 Å². The van der Waals surface area contributed by atoms with E-state index in [4.69, 9.17) is 0 Å². The first-order chi connectivity index (χ1) is 2.39. The molecule has 1 heterocycles. The molecule has 28 valence electrons. The van der Waals surface area contributed by atoms with E-state index in [0.717, 1.165) is 0 Å². The molecule has 0 aromatic rings. The van der Waals surface area contributed by atoms with Crippen molar-refractivity contribution < 1.29 is 4.90 Å². The van der Waals surface area contributed by atoms with Gasteiger partial charge in [-0.2, -0.15) is 0 Å². The number of likely N-dealkylation sites (N-methyl/N-ethyl adjacent to an activating group) is 1. The highest BCUT2D eigenvalue weighted by atomic mass is 15.1. The summed E-state index contributed by atoms with van der Waals surface area (Å²) in [7, 11) is 2.08. The molecule has 1 unspecified atom stereocenters. The average molecular weight is 69.1 g/mol. The molecule has 0 amide bonds. The lowest BCUT2D eigenvalue weighted by molar-refractivity contribution is -0.802. The molecule has 0 saturated heterocycles. The van der Waals surface area contributed by atoms with Gasteiger partial charge in [0.25, 0.3) is 0 Å². The van der Waals surface area contributed by atoms with Crippen molar-refractivity contribution in [3.63, 3.8) is 0 Å². The van der Waals surface area contributed by atoms with E-state index in [9.17, 15) is 0 Å². The van der Waals surface area contributed by atoms with Gasteiger partial charge < -0.3 is 4.90 Å². The Morgan fingerprint density at radius 2 is 2.20 bits per heavy atom. The van der Waals surface area contributed by atoms with Gasteiger partial charge in [-0.05, 0) is 0 Å². The lowest BCUT2D eigenvalue weighted by atomic mass is 10.4. The minimum absolute atomic E-state index is 1.38. The van der Waals surface area contributed by atoms with E-state index in [1.165, 1.54) is 4.90 Å². The van der Waals surface area contributed by atoms with Crippen LogP contribution in [-0.4, -0.2) is 7.05 Å². The smallest absolute Gasteiger partial charge is 0.0482 e. The SMILES string of the molecule is C[NH+]1C=C[CH-]1. The molecular weight excluding hydrogens is 62.1 g/mol. The van der Waals surface area contributed by atoms with Crippen LogP contribution in [0.15, 0.2) is 12.3 Å². The number of hydrogen-bond acceptors (Lipinski definition) is 0. The minimum Gasteiger partial charge on any atom is -0.427 e. The maximum atomic E-state index is 2.08. The molecule has 1 aliphatic rings. The molecule has 0 spiro atoms. The molecule has 1 rings (SSSR count). The molecular formula is C4H7N. The van der Waals surface area contributed by atoms with Crippen LogP contribution in [0.2, 0.25) is 0 Å². The van der Waals surface area contributed by atoms with Crippen LogP contribution in [0, 0.1) is 6.54 Å². The van der Waals surface area contributed by atoms with Crippen LogP contribution in [0.25, 0.3) is 0 Å². The largest absolute Gasteiger partial charge is 0.427 e. The summed E-state index contributed by atoms with van der Waals surface area (Å²) in [5.74, 6) is 0. The molecule has 0 aliphatic carbocycles. The fourth-order valence-electron chi connectivity index (χ4n) is 0.289. The van der Waals surface area contributed by atoms with Crippen LogP contribution < -0.4 is 4.90 Å². The summed E-state index contributed by atoms with van der Waals surface area (Å²) in [4.78, 5) is 1.38. The monoisotopic (exact) mass is 69.1 g/mol. The Morgan fingerprint density at radius 1 is 1.80 bits per heavy atom. The van der Waals surface area contributed by atoms with Crippen LogP contribution in [0.5, 0.6) is 0 Å². The molecule has 1 atom stereocenters. The third-order valence-corrected chi connectivity index (χ3v) is 0.718. The summed E-state index contributed by atoms with van der Waals surface area (Å²) in [5, 5.41) is 0. The van der Waals surface area contributed by atoms with Gasteiger partial charge in [-0.15, -0.1) is 6.08 Å². The van der Waals surface area contributed by atoms with Gasteiger partial charge in [0, 0.05) is 7.05 Å². The second-order valence-electron chi connectivity index (χ2n) is 1.27. The normalized spacial score (nSPS) is 31.8. The van der Waals surface area contributed by atoms with Crippen LogP contribution >= 0.6 is 0 Å². The molecule has 1 heteroatoms. The lowest BCUT2D eigenvalue weighted by Crippen LogP contribution is -3.04.